The molecule has 0 radical (unpaired) electrons. The maximum absolute atomic E-state index is 13.3. The van der Waals surface area contributed by atoms with Gasteiger partial charge in [-0.05, 0) is 93.0 Å². The molecule has 7 rings (SSSR count). The first-order valence-electron chi connectivity index (χ1n) is 13.2. The zero-order chi connectivity index (χ0) is 23.5. The predicted octanol–water partition coefficient (Wildman–Crippen LogP) is 5.34. The average Bonchev–Trinajstić information content (AvgIpc) is 3.21. The van der Waals surface area contributed by atoms with E-state index in [4.69, 9.17) is 0 Å². The molecule has 4 bridgehead atoms. The van der Waals surface area contributed by atoms with Crippen LogP contribution in [0.4, 0.5) is 5.69 Å². The van der Waals surface area contributed by atoms with Crippen LogP contribution < -0.4 is 10.9 Å². The summed E-state index contributed by atoms with van der Waals surface area (Å²) in [4.78, 5) is 29.1. The Kier molecular flexibility index (Phi) is 5.25. The smallest absolute Gasteiger partial charge is 0.258 e. The van der Waals surface area contributed by atoms with E-state index in [1.54, 1.807) is 5.57 Å². The van der Waals surface area contributed by atoms with E-state index in [2.05, 4.69) is 30.1 Å². The van der Waals surface area contributed by atoms with E-state index >= 15 is 0 Å². The quantitative estimate of drug-likeness (QED) is 0.593. The van der Waals surface area contributed by atoms with Crippen molar-refractivity contribution in [1.29, 1.82) is 0 Å². The second kappa shape index (κ2) is 8.08. The van der Waals surface area contributed by atoms with Crippen molar-refractivity contribution in [2.24, 2.45) is 16.7 Å². The summed E-state index contributed by atoms with van der Waals surface area (Å²) >= 11 is 0. The number of hydrogen-bond acceptors (Lipinski definition) is 3. The number of carbonyl (C=O) groups excluding carboxylic acids is 1. The standard InChI is InChI=1S/C29H37N3O2/c1-3-31-10-5-6-22(31)18-32-11-9-23-24(27(32)34)7-4-8-25(23)30-26(33)17-29-15-20-12-21(16-29)14-28(2,13-20)19-29/h4,7-9,11,13,21-22H,3,5-6,10,12,14-19H2,1-2H3,(H,30,33). The van der Waals surface area contributed by atoms with Crippen LogP contribution in [0.2, 0.25) is 0 Å². The molecule has 1 N–H and O–H groups in total. The van der Waals surface area contributed by atoms with Crippen molar-refractivity contribution in [2.75, 3.05) is 18.4 Å². The zero-order valence-electron chi connectivity index (χ0n) is 20.6. The van der Waals surface area contributed by atoms with Crippen LogP contribution in [0.15, 0.2) is 46.9 Å². The SMILES string of the molecule is CCN1CCCC1Cn1ccc2c(NC(=O)CC34CC5=CC(C)(CC(C5)C3)C4)cccc2c1=O. The highest BCUT2D eigenvalue weighted by Crippen LogP contribution is 2.63. The summed E-state index contributed by atoms with van der Waals surface area (Å²) in [5, 5.41) is 4.73. The van der Waals surface area contributed by atoms with Crippen molar-refractivity contribution in [3.63, 3.8) is 0 Å². The van der Waals surface area contributed by atoms with Gasteiger partial charge in [-0.2, -0.15) is 0 Å². The van der Waals surface area contributed by atoms with Gasteiger partial charge in [0.05, 0.1) is 0 Å². The number of amides is 1. The molecule has 2 aromatic rings. The van der Waals surface area contributed by atoms with Gasteiger partial charge in [0.15, 0.2) is 0 Å². The van der Waals surface area contributed by atoms with Crippen molar-refractivity contribution >= 4 is 22.4 Å². The first-order chi connectivity index (χ1) is 16.4. The highest BCUT2D eigenvalue weighted by Gasteiger charge is 2.52. The normalized spacial score (nSPS) is 32.4. The summed E-state index contributed by atoms with van der Waals surface area (Å²) < 4.78 is 1.86. The maximum atomic E-state index is 13.3. The molecule has 5 heteroatoms. The molecule has 180 valence electrons. The van der Waals surface area contributed by atoms with E-state index in [1.807, 2.05) is 35.0 Å². The third kappa shape index (κ3) is 3.82. The second-order valence-electron chi connectivity index (χ2n) is 12.0. The number of anilines is 1. The molecule has 34 heavy (non-hydrogen) atoms. The van der Waals surface area contributed by atoms with Gasteiger partial charge in [-0.25, -0.2) is 0 Å². The molecule has 5 nitrogen and oxygen atoms in total. The van der Waals surface area contributed by atoms with Gasteiger partial charge in [0.25, 0.3) is 5.56 Å². The van der Waals surface area contributed by atoms with Gasteiger partial charge in [0, 0.05) is 41.7 Å². The summed E-state index contributed by atoms with van der Waals surface area (Å²) in [7, 11) is 0. The summed E-state index contributed by atoms with van der Waals surface area (Å²) in [5.74, 6) is 0.840. The van der Waals surface area contributed by atoms with Gasteiger partial charge in [0.1, 0.15) is 0 Å². The Bertz CT molecular complexity index is 1230. The van der Waals surface area contributed by atoms with Crippen LogP contribution in [-0.2, 0) is 11.3 Å². The van der Waals surface area contributed by atoms with Crippen LogP contribution >= 0.6 is 0 Å². The fraction of sp³-hybridized carbons (Fsp3) is 0.586. The molecule has 4 aliphatic carbocycles. The average molecular weight is 460 g/mol. The Morgan fingerprint density at radius 2 is 2.09 bits per heavy atom. The number of carbonyl (C=O) groups is 1. The Hall–Kier alpha value is -2.40. The molecular formula is C29H37N3O2. The van der Waals surface area contributed by atoms with Gasteiger partial charge < -0.3 is 9.88 Å². The molecule has 5 aliphatic rings. The molecule has 2 heterocycles. The molecule has 1 aromatic carbocycles. The monoisotopic (exact) mass is 459 g/mol. The van der Waals surface area contributed by atoms with E-state index in [-0.39, 0.29) is 22.3 Å². The first kappa shape index (κ1) is 22.1. The van der Waals surface area contributed by atoms with Crippen LogP contribution in [-0.4, -0.2) is 34.5 Å². The van der Waals surface area contributed by atoms with Gasteiger partial charge >= 0.3 is 0 Å². The molecule has 4 atom stereocenters. The number of aromatic nitrogens is 1. The van der Waals surface area contributed by atoms with Crippen molar-refractivity contribution in [3.8, 4) is 0 Å². The molecular weight excluding hydrogens is 422 g/mol. The minimum absolute atomic E-state index is 0.0394. The zero-order valence-corrected chi connectivity index (χ0v) is 20.6. The van der Waals surface area contributed by atoms with Crippen molar-refractivity contribution in [2.45, 2.75) is 77.8 Å². The van der Waals surface area contributed by atoms with E-state index in [0.717, 1.165) is 55.9 Å². The number of nitrogens with zero attached hydrogens (tertiary/aromatic N) is 2. The largest absolute Gasteiger partial charge is 0.325 e. The van der Waals surface area contributed by atoms with E-state index in [0.29, 0.717) is 17.8 Å². The fourth-order valence-electron chi connectivity index (χ4n) is 8.31. The lowest BCUT2D eigenvalue weighted by Crippen LogP contribution is -2.47. The van der Waals surface area contributed by atoms with Crippen molar-refractivity contribution in [3.05, 3.63) is 52.5 Å². The van der Waals surface area contributed by atoms with Crippen molar-refractivity contribution in [1.82, 2.24) is 9.47 Å². The number of allylic oxidation sites excluding steroid dienone is 2. The van der Waals surface area contributed by atoms with E-state index in [9.17, 15) is 9.59 Å². The lowest BCUT2D eigenvalue weighted by Gasteiger charge is -2.57. The Morgan fingerprint density at radius 3 is 2.88 bits per heavy atom. The predicted molar refractivity (Wildman–Crippen MR) is 137 cm³/mol. The van der Waals surface area contributed by atoms with Crippen LogP contribution in [0.5, 0.6) is 0 Å². The summed E-state index contributed by atoms with van der Waals surface area (Å²) in [6.07, 6.45) is 13.3. The lowest BCUT2D eigenvalue weighted by atomic mass is 9.48. The Labute approximate surface area is 202 Å². The van der Waals surface area contributed by atoms with Gasteiger partial charge in [-0.3, -0.25) is 14.5 Å². The lowest BCUT2D eigenvalue weighted by molar-refractivity contribution is -0.121. The van der Waals surface area contributed by atoms with Crippen LogP contribution in [0.3, 0.4) is 0 Å². The molecule has 1 saturated heterocycles. The Balaban J connectivity index is 1.21. The van der Waals surface area contributed by atoms with Gasteiger partial charge in [0.2, 0.25) is 5.91 Å². The molecule has 1 aromatic heterocycles. The number of fused-ring (bicyclic) bond motifs is 1. The van der Waals surface area contributed by atoms with Gasteiger partial charge in [-0.1, -0.05) is 31.6 Å². The highest BCUT2D eigenvalue weighted by molar-refractivity contribution is 6.02. The number of pyridine rings is 1. The van der Waals surface area contributed by atoms with Crippen LogP contribution in [0.25, 0.3) is 10.8 Å². The van der Waals surface area contributed by atoms with Crippen molar-refractivity contribution < 1.29 is 4.79 Å². The number of rotatable bonds is 6. The number of likely N-dealkylation sites (tertiary alicyclic amines) is 1. The highest BCUT2D eigenvalue weighted by atomic mass is 16.1. The molecule has 4 unspecified atom stereocenters. The van der Waals surface area contributed by atoms with Crippen LogP contribution in [0.1, 0.15) is 65.2 Å². The molecule has 1 aliphatic heterocycles. The summed E-state index contributed by atoms with van der Waals surface area (Å²) in [6.45, 7) is 7.46. The number of hydrogen-bond donors (Lipinski definition) is 1. The summed E-state index contributed by atoms with van der Waals surface area (Å²) in [6, 6.07) is 8.16. The van der Waals surface area contributed by atoms with Crippen LogP contribution in [0, 0.1) is 16.7 Å². The molecule has 3 fully saturated rings. The van der Waals surface area contributed by atoms with Gasteiger partial charge in [-0.15, -0.1) is 0 Å². The number of nitrogens with one attached hydrogen (secondary N) is 1. The maximum Gasteiger partial charge on any atom is 0.258 e. The molecule has 1 amide bonds. The number of likely N-dealkylation sites (N-methyl/N-ethyl adjacent to an activating group) is 1. The fourth-order valence-corrected chi connectivity index (χ4v) is 8.31. The first-order valence-corrected chi connectivity index (χ1v) is 13.2. The van der Waals surface area contributed by atoms with E-state index < -0.39 is 0 Å². The Morgan fingerprint density at radius 1 is 1.21 bits per heavy atom. The third-order valence-corrected chi connectivity index (χ3v) is 9.10. The summed E-state index contributed by atoms with van der Waals surface area (Å²) in [5.41, 5.74) is 2.79. The van der Waals surface area contributed by atoms with E-state index in [1.165, 1.54) is 25.7 Å². The third-order valence-electron chi connectivity index (χ3n) is 9.10. The minimum atomic E-state index is 0.0394. The minimum Gasteiger partial charge on any atom is -0.325 e. The number of benzene rings is 1. The second-order valence-corrected chi connectivity index (χ2v) is 12.0. The topological polar surface area (TPSA) is 54.3 Å². The molecule has 0 spiro atoms. The molecule has 2 saturated carbocycles.